The van der Waals surface area contributed by atoms with Crippen molar-refractivity contribution in [1.29, 1.82) is 0 Å². The first-order valence-corrected chi connectivity index (χ1v) is 4.73. The van der Waals surface area contributed by atoms with Crippen LogP contribution in [-0.2, 0) is 4.79 Å². The van der Waals surface area contributed by atoms with Gasteiger partial charge in [-0.05, 0) is 18.2 Å². The van der Waals surface area contributed by atoms with E-state index in [1.54, 1.807) is 6.07 Å². The second-order valence-corrected chi connectivity index (χ2v) is 3.33. The zero-order valence-corrected chi connectivity index (χ0v) is 8.42. The normalized spacial score (nSPS) is 11.6. The maximum Gasteiger partial charge on any atom is 0.351 e. The topological polar surface area (TPSA) is 76.2 Å². The smallest absolute Gasteiger partial charge is 0.351 e. The molecule has 0 saturated heterocycles. The minimum absolute atomic E-state index is 0.220. The lowest BCUT2D eigenvalue weighted by atomic mass is 10.2. The lowest BCUT2D eigenvalue weighted by Gasteiger charge is -1.99. The molecule has 0 unspecified atom stereocenters. The van der Waals surface area contributed by atoms with E-state index < -0.39 is 5.97 Å². The highest BCUT2D eigenvalue weighted by molar-refractivity contribution is 5.91. The van der Waals surface area contributed by atoms with E-state index in [4.69, 9.17) is 10.8 Å². The van der Waals surface area contributed by atoms with Gasteiger partial charge in [-0.2, -0.15) is 0 Å². The molecule has 2 rings (SSSR count). The molecule has 3 N–H and O–H groups in total. The van der Waals surface area contributed by atoms with Gasteiger partial charge >= 0.3 is 5.97 Å². The Balaban J connectivity index is 2.47. The second kappa shape index (κ2) is 4.02. The number of nitrogens with zero attached hydrogens (tertiary/aromatic N) is 1. The number of fused-ring (bicyclic) bond motifs is 1. The molecule has 80 valence electrons. The van der Waals surface area contributed by atoms with Crippen molar-refractivity contribution in [1.82, 2.24) is 4.98 Å². The van der Waals surface area contributed by atoms with Crippen molar-refractivity contribution in [3.63, 3.8) is 0 Å². The Bertz CT molecular complexity index is 576. The van der Waals surface area contributed by atoms with Gasteiger partial charge in [0, 0.05) is 5.39 Å². The van der Waals surface area contributed by atoms with Crippen molar-refractivity contribution in [2.24, 2.45) is 5.73 Å². The van der Waals surface area contributed by atoms with Gasteiger partial charge in [0.05, 0.1) is 11.2 Å². The molecule has 0 aliphatic carbocycles. The molecule has 0 aliphatic rings. The van der Waals surface area contributed by atoms with E-state index in [0.29, 0.717) is 5.69 Å². The Kier molecular flexibility index (Phi) is 2.55. The molecule has 0 spiro atoms. The van der Waals surface area contributed by atoms with Crippen molar-refractivity contribution < 1.29 is 9.90 Å². The summed E-state index contributed by atoms with van der Waals surface area (Å²) in [4.78, 5) is 14.8. The van der Waals surface area contributed by atoms with Gasteiger partial charge < -0.3 is 10.8 Å². The molecule has 4 heteroatoms. The van der Waals surface area contributed by atoms with E-state index in [-0.39, 0.29) is 5.70 Å². The highest BCUT2D eigenvalue weighted by atomic mass is 16.4. The van der Waals surface area contributed by atoms with Gasteiger partial charge in [-0.25, -0.2) is 9.78 Å². The van der Waals surface area contributed by atoms with Crippen LogP contribution in [0.2, 0.25) is 0 Å². The molecule has 0 aliphatic heterocycles. The first-order chi connectivity index (χ1) is 7.66. The van der Waals surface area contributed by atoms with Crippen LogP contribution in [0, 0.1) is 0 Å². The third-order valence-corrected chi connectivity index (χ3v) is 2.17. The van der Waals surface area contributed by atoms with E-state index in [0.717, 1.165) is 10.9 Å². The summed E-state index contributed by atoms with van der Waals surface area (Å²) >= 11 is 0. The Hall–Kier alpha value is -2.36. The fourth-order valence-electron chi connectivity index (χ4n) is 1.38. The average molecular weight is 214 g/mol. The summed E-state index contributed by atoms with van der Waals surface area (Å²) in [6.45, 7) is 0. The van der Waals surface area contributed by atoms with Gasteiger partial charge in [0.25, 0.3) is 0 Å². The fourth-order valence-corrected chi connectivity index (χ4v) is 1.38. The van der Waals surface area contributed by atoms with Crippen LogP contribution < -0.4 is 5.73 Å². The van der Waals surface area contributed by atoms with Crippen molar-refractivity contribution in [3.05, 3.63) is 47.8 Å². The number of carboxylic acid groups (broad SMARTS) is 1. The van der Waals surface area contributed by atoms with Crippen LogP contribution in [0.3, 0.4) is 0 Å². The van der Waals surface area contributed by atoms with Crippen LogP contribution in [0.5, 0.6) is 0 Å². The predicted octanol–water partition coefficient (Wildman–Crippen LogP) is 1.62. The number of hydrogen-bond donors (Lipinski definition) is 2. The molecule has 0 saturated carbocycles. The summed E-state index contributed by atoms with van der Waals surface area (Å²) in [6.07, 6.45) is 1.34. The number of pyridine rings is 1. The molecular formula is C12H10N2O2. The third kappa shape index (κ3) is 2.00. The Morgan fingerprint density at radius 1 is 1.25 bits per heavy atom. The van der Waals surface area contributed by atoms with E-state index in [2.05, 4.69) is 4.98 Å². The first kappa shape index (κ1) is 10.2. The van der Waals surface area contributed by atoms with Crippen molar-refractivity contribution in [2.75, 3.05) is 0 Å². The molecular weight excluding hydrogens is 204 g/mol. The molecule has 1 aromatic carbocycles. The molecule has 16 heavy (non-hydrogen) atoms. The maximum absolute atomic E-state index is 10.5. The second-order valence-electron chi connectivity index (χ2n) is 3.33. The lowest BCUT2D eigenvalue weighted by Crippen LogP contribution is -2.09. The molecule has 0 radical (unpaired) electrons. The Labute approximate surface area is 92.0 Å². The summed E-state index contributed by atoms with van der Waals surface area (Å²) in [5, 5.41) is 9.64. The van der Waals surface area contributed by atoms with E-state index in [1.807, 2.05) is 30.3 Å². The summed E-state index contributed by atoms with van der Waals surface area (Å²) in [6, 6.07) is 11.2. The molecule has 0 fully saturated rings. The molecule has 0 amide bonds. The number of rotatable bonds is 2. The number of nitrogens with two attached hydrogens (primary N) is 1. The fraction of sp³-hybridized carbons (Fsp3) is 0. The molecule has 1 aromatic heterocycles. The SMILES string of the molecule is N/C(=C\c1ccc2ccccc2n1)C(=O)O. The zero-order valence-electron chi connectivity index (χ0n) is 8.42. The standard InChI is InChI=1S/C12H10N2O2/c13-10(12(15)16)7-9-6-5-8-3-1-2-4-11(8)14-9/h1-7H,13H2,(H,15,16)/b10-7-. The molecule has 1 heterocycles. The first-order valence-electron chi connectivity index (χ1n) is 4.73. The Morgan fingerprint density at radius 3 is 2.75 bits per heavy atom. The number of carbonyl (C=O) groups is 1. The van der Waals surface area contributed by atoms with Gasteiger partial charge in [-0.15, -0.1) is 0 Å². The van der Waals surface area contributed by atoms with Crippen LogP contribution in [0.25, 0.3) is 17.0 Å². The summed E-state index contributed by atoms with van der Waals surface area (Å²) < 4.78 is 0. The number of para-hydroxylation sites is 1. The zero-order chi connectivity index (χ0) is 11.5. The quantitative estimate of drug-likeness (QED) is 0.745. The number of hydrogen-bond acceptors (Lipinski definition) is 3. The predicted molar refractivity (Wildman–Crippen MR) is 61.5 cm³/mol. The van der Waals surface area contributed by atoms with Crippen LogP contribution in [0.4, 0.5) is 0 Å². The van der Waals surface area contributed by atoms with E-state index >= 15 is 0 Å². The highest BCUT2D eigenvalue weighted by Gasteiger charge is 2.02. The van der Waals surface area contributed by atoms with Crippen molar-refractivity contribution in [3.8, 4) is 0 Å². The van der Waals surface area contributed by atoms with Crippen molar-refractivity contribution in [2.45, 2.75) is 0 Å². The summed E-state index contributed by atoms with van der Waals surface area (Å²) in [5.41, 5.74) is 6.45. The van der Waals surface area contributed by atoms with Crippen LogP contribution >= 0.6 is 0 Å². The van der Waals surface area contributed by atoms with E-state index in [9.17, 15) is 4.79 Å². The molecule has 0 atom stereocenters. The lowest BCUT2D eigenvalue weighted by molar-refractivity contribution is -0.132. The van der Waals surface area contributed by atoms with Crippen LogP contribution in [0.15, 0.2) is 42.1 Å². The minimum Gasteiger partial charge on any atom is -0.477 e. The van der Waals surface area contributed by atoms with Crippen LogP contribution in [-0.4, -0.2) is 16.1 Å². The largest absolute Gasteiger partial charge is 0.477 e. The number of benzene rings is 1. The average Bonchev–Trinajstić information content (AvgIpc) is 2.28. The summed E-state index contributed by atoms with van der Waals surface area (Å²) in [5.74, 6) is -1.14. The van der Waals surface area contributed by atoms with Gasteiger partial charge in [0.15, 0.2) is 0 Å². The van der Waals surface area contributed by atoms with Gasteiger partial charge in [-0.1, -0.05) is 24.3 Å². The molecule has 2 aromatic rings. The summed E-state index contributed by atoms with van der Waals surface area (Å²) in [7, 11) is 0. The van der Waals surface area contributed by atoms with Gasteiger partial charge in [0.1, 0.15) is 5.70 Å². The monoisotopic (exact) mass is 214 g/mol. The van der Waals surface area contributed by atoms with Gasteiger partial charge in [0.2, 0.25) is 0 Å². The minimum atomic E-state index is -1.14. The van der Waals surface area contributed by atoms with Gasteiger partial charge in [-0.3, -0.25) is 0 Å². The van der Waals surface area contributed by atoms with E-state index in [1.165, 1.54) is 6.08 Å². The Morgan fingerprint density at radius 2 is 2.00 bits per heavy atom. The highest BCUT2D eigenvalue weighted by Crippen LogP contribution is 2.12. The van der Waals surface area contributed by atoms with Crippen molar-refractivity contribution >= 4 is 22.9 Å². The number of carboxylic acids is 1. The van der Waals surface area contributed by atoms with Crippen LogP contribution in [0.1, 0.15) is 5.69 Å². The number of aliphatic carboxylic acids is 1. The molecule has 0 bridgehead atoms. The molecule has 4 nitrogen and oxygen atoms in total. The number of aromatic nitrogens is 1. The third-order valence-electron chi connectivity index (χ3n) is 2.17. The maximum atomic E-state index is 10.5.